The van der Waals surface area contributed by atoms with E-state index in [9.17, 15) is 0 Å². The third-order valence-electron chi connectivity index (χ3n) is 13.0. The van der Waals surface area contributed by atoms with Gasteiger partial charge in [-0.2, -0.15) is 0 Å². The van der Waals surface area contributed by atoms with Crippen LogP contribution in [0.15, 0.2) is 231 Å². The quantitative estimate of drug-likeness (QED) is 0.157. The molecule has 11 aromatic carbocycles. The van der Waals surface area contributed by atoms with Crippen molar-refractivity contribution in [3.05, 3.63) is 231 Å². The normalized spacial score (nSPS) is 11.6. The van der Waals surface area contributed by atoms with E-state index in [1.165, 1.54) is 37.7 Å². The van der Waals surface area contributed by atoms with Crippen molar-refractivity contribution in [3.63, 3.8) is 0 Å². The fraction of sp³-hybridized carbons (Fsp3) is 0. The van der Waals surface area contributed by atoms with E-state index in [0.29, 0.717) is 17.5 Å². The molecule has 0 unspecified atom stereocenters. The van der Waals surface area contributed by atoms with Crippen LogP contribution in [0, 0.1) is 0 Å². The summed E-state index contributed by atoms with van der Waals surface area (Å²) in [6.45, 7) is 0. The topological polar surface area (TPSA) is 51.6 Å². The molecule has 0 aliphatic rings. The summed E-state index contributed by atoms with van der Waals surface area (Å²) in [5.41, 5.74) is 10.0. The van der Waals surface area contributed by atoms with Gasteiger partial charge >= 0.3 is 0 Å². The van der Waals surface area contributed by atoms with Gasteiger partial charge < -0.3 is 0 Å². The second kappa shape index (κ2) is 15.4. The van der Waals surface area contributed by atoms with Crippen LogP contribution < -0.4 is 0 Å². The van der Waals surface area contributed by atoms with Gasteiger partial charge in [0, 0.05) is 38.4 Å². The molecule has 13 aromatic rings. The van der Waals surface area contributed by atoms with Gasteiger partial charge in [-0.15, -0.1) is 0 Å². The van der Waals surface area contributed by atoms with Crippen LogP contribution in [0.25, 0.3) is 132 Å². The Morgan fingerprint density at radius 2 is 0.727 bits per heavy atom. The highest BCUT2D eigenvalue weighted by atomic mass is 15.0. The van der Waals surface area contributed by atoms with Gasteiger partial charge in [0.25, 0.3) is 0 Å². The van der Waals surface area contributed by atoms with Crippen molar-refractivity contribution in [1.82, 2.24) is 19.9 Å². The molecule has 4 heteroatoms. The summed E-state index contributed by atoms with van der Waals surface area (Å²) in [6, 6.07) is 82.0. The number of nitrogens with zero attached hydrogens (tertiary/aromatic N) is 4. The maximum atomic E-state index is 5.47. The van der Waals surface area contributed by atoms with Gasteiger partial charge in [0.1, 0.15) is 0 Å². The van der Waals surface area contributed by atoms with Crippen LogP contribution in [0.5, 0.6) is 0 Å². The van der Waals surface area contributed by atoms with Crippen LogP contribution in [0.2, 0.25) is 0 Å². The van der Waals surface area contributed by atoms with Gasteiger partial charge in [0.2, 0.25) is 0 Å². The number of hydrogen-bond acceptors (Lipinski definition) is 4. The molecule has 0 aliphatic carbocycles. The highest BCUT2D eigenvalue weighted by molar-refractivity contribution is 6.22. The minimum Gasteiger partial charge on any atom is -0.247 e. The molecule has 0 N–H and O–H groups in total. The van der Waals surface area contributed by atoms with Crippen LogP contribution in [-0.4, -0.2) is 19.9 Å². The molecule has 0 saturated carbocycles. The Labute approximate surface area is 381 Å². The number of pyridine rings is 1. The molecular weight excluding hydrogens is 801 g/mol. The predicted octanol–water partition coefficient (Wildman–Crippen LogP) is 16.2. The molecule has 0 fully saturated rings. The molecule has 0 amide bonds. The molecule has 2 heterocycles. The summed E-state index contributed by atoms with van der Waals surface area (Å²) in [5, 5.41) is 12.8. The van der Waals surface area contributed by atoms with E-state index in [-0.39, 0.29) is 0 Å². The van der Waals surface area contributed by atoms with Crippen molar-refractivity contribution in [2.45, 2.75) is 0 Å². The number of benzene rings is 11. The van der Waals surface area contributed by atoms with E-state index < -0.39 is 0 Å². The van der Waals surface area contributed by atoms with Crippen LogP contribution in [0.4, 0.5) is 0 Å². The molecule has 306 valence electrons. The van der Waals surface area contributed by atoms with Gasteiger partial charge in [0.15, 0.2) is 17.5 Å². The molecule has 2 aromatic heterocycles. The second-order valence-corrected chi connectivity index (χ2v) is 17.0. The Morgan fingerprint density at radius 3 is 1.42 bits per heavy atom. The van der Waals surface area contributed by atoms with E-state index in [1.54, 1.807) is 0 Å². The van der Waals surface area contributed by atoms with Gasteiger partial charge in [-0.3, -0.25) is 0 Å². The van der Waals surface area contributed by atoms with E-state index in [2.05, 4.69) is 231 Å². The molecule has 0 bridgehead atoms. The fourth-order valence-corrected chi connectivity index (χ4v) is 9.75. The zero-order chi connectivity index (χ0) is 43.6. The van der Waals surface area contributed by atoms with Crippen LogP contribution in [0.3, 0.4) is 0 Å². The van der Waals surface area contributed by atoms with Gasteiger partial charge in [0.05, 0.1) is 11.2 Å². The zero-order valence-corrected chi connectivity index (χ0v) is 35.7. The van der Waals surface area contributed by atoms with Crippen molar-refractivity contribution in [3.8, 4) is 67.7 Å². The third kappa shape index (κ3) is 6.55. The first-order valence-corrected chi connectivity index (χ1v) is 22.4. The highest BCUT2D eigenvalue weighted by Gasteiger charge is 2.18. The molecule has 0 saturated heterocycles. The average molecular weight is 839 g/mol. The molecule has 4 nitrogen and oxygen atoms in total. The molecule has 66 heavy (non-hydrogen) atoms. The maximum absolute atomic E-state index is 5.47. The minimum absolute atomic E-state index is 0.599. The first-order chi connectivity index (χ1) is 32.7. The number of rotatable bonds is 6. The van der Waals surface area contributed by atoms with E-state index in [0.717, 1.165) is 77.3 Å². The minimum atomic E-state index is 0.599. The van der Waals surface area contributed by atoms with Crippen molar-refractivity contribution in [1.29, 1.82) is 0 Å². The monoisotopic (exact) mass is 838 g/mol. The Kier molecular flexibility index (Phi) is 8.81. The SMILES string of the molecule is c1ccc(-c2nc3cc(-c4cc(-c5nc(-c6ccc7ccccc7c6)nc(-c6ccc7ccccc7c6)n5)cc(-c5cccc6ccccc56)c4)ccc3c3c2ccc2ccccc23)cc1. The molecule has 0 atom stereocenters. The van der Waals surface area contributed by atoms with E-state index in [4.69, 9.17) is 19.9 Å². The lowest BCUT2D eigenvalue weighted by Crippen LogP contribution is -2.01. The number of aromatic nitrogens is 4. The largest absolute Gasteiger partial charge is 0.247 e. The first kappa shape index (κ1) is 37.7. The van der Waals surface area contributed by atoms with Gasteiger partial charge in [-0.25, -0.2) is 19.9 Å². The van der Waals surface area contributed by atoms with Crippen LogP contribution in [-0.2, 0) is 0 Å². The molecule has 13 rings (SSSR count). The Hall–Kier alpha value is -8.86. The summed E-state index contributed by atoms with van der Waals surface area (Å²) in [6.07, 6.45) is 0. The van der Waals surface area contributed by atoms with Gasteiger partial charge in [-0.05, 0) is 102 Å². The average Bonchev–Trinajstić information content (AvgIpc) is 3.39. The smallest absolute Gasteiger partial charge is 0.164 e. The Morgan fingerprint density at radius 1 is 0.227 bits per heavy atom. The van der Waals surface area contributed by atoms with Gasteiger partial charge in [-0.1, -0.05) is 194 Å². The lowest BCUT2D eigenvalue weighted by molar-refractivity contribution is 1.08. The number of hydrogen-bond donors (Lipinski definition) is 0. The summed E-state index contributed by atoms with van der Waals surface area (Å²) in [7, 11) is 0. The van der Waals surface area contributed by atoms with Crippen molar-refractivity contribution in [2.24, 2.45) is 0 Å². The molecule has 0 aliphatic heterocycles. The fourth-order valence-electron chi connectivity index (χ4n) is 9.75. The molecular formula is C62H38N4. The molecule has 0 radical (unpaired) electrons. The second-order valence-electron chi connectivity index (χ2n) is 17.0. The van der Waals surface area contributed by atoms with Crippen LogP contribution >= 0.6 is 0 Å². The predicted molar refractivity (Wildman–Crippen MR) is 275 cm³/mol. The first-order valence-electron chi connectivity index (χ1n) is 22.4. The lowest BCUT2D eigenvalue weighted by atomic mass is 9.91. The summed E-state index contributed by atoms with van der Waals surface area (Å²) >= 11 is 0. The summed E-state index contributed by atoms with van der Waals surface area (Å²) in [4.78, 5) is 21.3. The van der Waals surface area contributed by atoms with Crippen molar-refractivity contribution in [2.75, 3.05) is 0 Å². The van der Waals surface area contributed by atoms with Crippen LogP contribution in [0.1, 0.15) is 0 Å². The van der Waals surface area contributed by atoms with Crippen molar-refractivity contribution < 1.29 is 0 Å². The lowest BCUT2D eigenvalue weighted by Gasteiger charge is -2.15. The third-order valence-corrected chi connectivity index (χ3v) is 13.0. The summed E-state index contributed by atoms with van der Waals surface area (Å²) in [5.74, 6) is 1.84. The zero-order valence-electron chi connectivity index (χ0n) is 35.7. The highest BCUT2D eigenvalue weighted by Crippen LogP contribution is 2.41. The number of fused-ring (bicyclic) bond motifs is 8. The Balaban J connectivity index is 1.06. The van der Waals surface area contributed by atoms with E-state index >= 15 is 0 Å². The molecule has 0 spiro atoms. The van der Waals surface area contributed by atoms with E-state index in [1.807, 2.05) is 0 Å². The standard InChI is InChI=1S/C62H38N4/c1-2-17-43(18-3-1)59-56-32-29-42-16-9-11-23-54(42)58(56)55-31-30-46(38-57(55)63-59)49-35-50(53-24-12-21-41-15-8-10-22-52(41)53)37-51(36-49)62-65-60(47-27-25-39-13-4-6-19-44(39)33-47)64-61(66-62)48-28-26-40-14-5-7-20-45(40)34-48/h1-38H. The summed E-state index contributed by atoms with van der Waals surface area (Å²) < 4.78 is 0. The Bertz CT molecular complexity index is 3960. The van der Waals surface area contributed by atoms with Crippen molar-refractivity contribution >= 4 is 64.8 Å². The maximum Gasteiger partial charge on any atom is 0.164 e.